The standard InChI is InChI=1S/C26H30Cl2N2.C2H2/c1-8-25(30-21(7)23-11-9-10-17(3)26(23)28)19(5)14-18(4)20(6)29-22-13-12-16(2)24(27)15-22;1-2/h8-15,18,29H,6H2,1-5,7H3;1-2H/b19-14-,25-8+,30-21?;. The molecule has 2 nitrogen and oxygen atoms in total. The second-order valence-corrected chi connectivity index (χ2v) is 8.35. The SMILES string of the molecule is C#C.C=C(Nc1ccc(C)c(Cl)c1)C(C)/C=C(C)\C(=C/C)N=C(C)c1cccc(C)c1Cl. The van der Waals surface area contributed by atoms with E-state index in [2.05, 4.69) is 44.7 Å². The molecular formula is C28H32Cl2N2. The monoisotopic (exact) mass is 466 g/mol. The number of aryl methyl sites for hydroxylation is 2. The zero-order valence-corrected chi connectivity index (χ0v) is 21.3. The molecule has 0 heterocycles. The van der Waals surface area contributed by atoms with Gasteiger partial charge in [0.2, 0.25) is 0 Å². The Kier molecular flexibility index (Phi) is 11.1. The maximum atomic E-state index is 6.47. The summed E-state index contributed by atoms with van der Waals surface area (Å²) >= 11 is 12.7. The lowest BCUT2D eigenvalue weighted by molar-refractivity contribution is 0.863. The van der Waals surface area contributed by atoms with Crippen LogP contribution in [0.3, 0.4) is 0 Å². The van der Waals surface area contributed by atoms with Crippen LogP contribution in [0.2, 0.25) is 10.0 Å². The number of nitrogens with zero attached hydrogens (tertiary/aromatic N) is 1. The maximum Gasteiger partial charge on any atom is 0.0616 e. The number of allylic oxidation sites excluding steroid dienone is 3. The molecule has 0 saturated heterocycles. The van der Waals surface area contributed by atoms with Gasteiger partial charge < -0.3 is 5.32 Å². The highest BCUT2D eigenvalue weighted by Gasteiger charge is 2.10. The van der Waals surface area contributed by atoms with E-state index in [4.69, 9.17) is 28.2 Å². The van der Waals surface area contributed by atoms with Crippen LogP contribution in [0.15, 0.2) is 77.1 Å². The van der Waals surface area contributed by atoms with E-state index in [0.29, 0.717) is 0 Å². The number of benzene rings is 2. The fourth-order valence-corrected chi connectivity index (χ4v) is 3.52. The highest BCUT2D eigenvalue weighted by molar-refractivity contribution is 6.35. The quantitative estimate of drug-likeness (QED) is 0.246. The number of halogens is 2. The Hall–Kier alpha value is -2.73. The van der Waals surface area contributed by atoms with Crippen LogP contribution >= 0.6 is 23.2 Å². The van der Waals surface area contributed by atoms with Crippen LogP contribution in [-0.4, -0.2) is 5.71 Å². The predicted octanol–water partition coefficient (Wildman–Crippen LogP) is 8.78. The van der Waals surface area contributed by atoms with Gasteiger partial charge in [0.15, 0.2) is 0 Å². The molecule has 32 heavy (non-hydrogen) atoms. The van der Waals surface area contributed by atoms with Gasteiger partial charge >= 0.3 is 0 Å². The molecule has 0 aliphatic carbocycles. The molecule has 4 heteroatoms. The number of aliphatic imine (C=N–C) groups is 1. The Balaban J connectivity index is 0.00000249. The van der Waals surface area contributed by atoms with Gasteiger partial charge in [-0.1, -0.05) is 73.1 Å². The summed E-state index contributed by atoms with van der Waals surface area (Å²) in [6.07, 6.45) is 12.2. The summed E-state index contributed by atoms with van der Waals surface area (Å²) in [5.74, 6) is 0.109. The summed E-state index contributed by atoms with van der Waals surface area (Å²) in [5, 5.41) is 4.84. The molecule has 0 aliphatic heterocycles. The van der Waals surface area contributed by atoms with Crippen LogP contribution in [0.25, 0.3) is 0 Å². The van der Waals surface area contributed by atoms with Crippen LogP contribution in [0.1, 0.15) is 44.4 Å². The van der Waals surface area contributed by atoms with Gasteiger partial charge in [-0.3, -0.25) is 4.99 Å². The maximum absolute atomic E-state index is 6.47. The molecule has 0 spiro atoms. The fraction of sp³-hybridized carbons (Fsp3) is 0.250. The van der Waals surface area contributed by atoms with Gasteiger partial charge in [0, 0.05) is 33.6 Å². The topological polar surface area (TPSA) is 24.4 Å². The summed E-state index contributed by atoms with van der Waals surface area (Å²) in [4.78, 5) is 4.84. The van der Waals surface area contributed by atoms with Crippen molar-refractivity contribution >= 4 is 34.6 Å². The summed E-state index contributed by atoms with van der Waals surface area (Å²) in [5.41, 5.74) is 7.78. The minimum atomic E-state index is 0.109. The molecule has 0 amide bonds. The molecule has 1 atom stereocenters. The van der Waals surface area contributed by atoms with E-state index in [9.17, 15) is 0 Å². The van der Waals surface area contributed by atoms with Gasteiger partial charge in [-0.2, -0.15) is 0 Å². The average Bonchev–Trinajstić information content (AvgIpc) is 2.77. The van der Waals surface area contributed by atoms with E-state index in [1.807, 2.05) is 70.2 Å². The van der Waals surface area contributed by atoms with Crippen LogP contribution in [0.4, 0.5) is 5.69 Å². The number of hydrogen-bond donors (Lipinski definition) is 1. The molecule has 2 aromatic carbocycles. The number of hydrogen-bond acceptors (Lipinski definition) is 2. The lowest BCUT2D eigenvalue weighted by atomic mass is 10.0. The molecule has 0 aromatic heterocycles. The summed E-state index contributed by atoms with van der Waals surface area (Å²) in [6, 6.07) is 11.9. The zero-order valence-electron chi connectivity index (χ0n) is 19.8. The van der Waals surface area contributed by atoms with Crippen molar-refractivity contribution in [2.24, 2.45) is 10.9 Å². The number of anilines is 1. The first-order chi connectivity index (χ1) is 15.1. The Bertz CT molecular complexity index is 1070. The normalized spacial score (nSPS) is 13.1. The molecule has 168 valence electrons. The van der Waals surface area contributed by atoms with E-state index < -0.39 is 0 Å². The molecule has 0 bridgehead atoms. The number of terminal acetylenes is 1. The smallest absolute Gasteiger partial charge is 0.0616 e. The Morgan fingerprint density at radius 2 is 1.75 bits per heavy atom. The van der Waals surface area contributed by atoms with Gasteiger partial charge in [-0.15, -0.1) is 12.8 Å². The van der Waals surface area contributed by atoms with Crippen LogP contribution in [-0.2, 0) is 0 Å². The van der Waals surface area contributed by atoms with E-state index >= 15 is 0 Å². The van der Waals surface area contributed by atoms with E-state index in [-0.39, 0.29) is 5.92 Å². The first-order valence-electron chi connectivity index (χ1n) is 10.3. The van der Waals surface area contributed by atoms with E-state index in [0.717, 1.165) is 55.1 Å². The minimum Gasteiger partial charge on any atom is -0.359 e. The third-order valence-corrected chi connectivity index (χ3v) is 5.98. The van der Waals surface area contributed by atoms with Gasteiger partial charge in [0.25, 0.3) is 0 Å². The molecule has 0 fully saturated rings. The van der Waals surface area contributed by atoms with Crippen LogP contribution < -0.4 is 5.32 Å². The summed E-state index contributed by atoms with van der Waals surface area (Å²) < 4.78 is 0. The van der Waals surface area contributed by atoms with Crippen molar-refractivity contribution in [3.05, 3.63) is 98.8 Å². The summed E-state index contributed by atoms with van der Waals surface area (Å²) in [6.45, 7) is 16.3. The van der Waals surface area contributed by atoms with Crippen molar-refractivity contribution in [1.29, 1.82) is 0 Å². The number of rotatable bonds is 7. The number of nitrogens with one attached hydrogen (secondary N) is 1. The molecule has 0 aliphatic rings. The second kappa shape index (κ2) is 13.0. The fourth-order valence-electron chi connectivity index (χ4n) is 3.08. The van der Waals surface area contributed by atoms with Crippen molar-refractivity contribution in [3.63, 3.8) is 0 Å². The molecule has 0 radical (unpaired) electrons. The van der Waals surface area contributed by atoms with Gasteiger partial charge in [-0.05, 0) is 63.5 Å². The Labute approximate surface area is 203 Å². The lowest BCUT2D eigenvalue weighted by Gasteiger charge is -2.16. The van der Waals surface area contributed by atoms with Gasteiger partial charge in [0.05, 0.1) is 10.7 Å². The van der Waals surface area contributed by atoms with Crippen molar-refractivity contribution in [2.45, 2.75) is 41.5 Å². The van der Waals surface area contributed by atoms with Gasteiger partial charge in [-0.25, -0.2) is 0 Å². The molecular weight excluding hydrogens is 435 g/mol. The van der Waals surface area contributed by atoms with Crippen molar-refractivity contribution in [2.75, 3.05) is 5.32 Å². The first kappa shape index (κ1) is 27.3. The Morgan fingerprint density at radius 3 is 2.34 bits per heavy atom. The van der Waals surface area contributed by atoms with Crippen molar-refractivity contribution in [1.82, 2.24) is 0 Å². The van der Waals surface area contributed by atoms with Gasteiger partial charge in [0.1, 0.15) is 0 Å². The summed E-state index contributed by atoms with van der Waals surface area (Å²) in [7, 11) is 0. The third-order valence-electron chi connectivity index (χ3n) is 5.07. The molecule has 2 aromatic rings. The highest BCUT2D eigenvalue weighted by Crippen LogP contribution is 2.25. The molecule has 2 rings (SSSR count). The highest BCUT2D eigenvalue weighted by atomic mass is 35.5. The molecule has 1 unspecified atom stereocenters. The largest absolute Gasteiger partial charge is 0.359 e. The van der Waals surface area contributed by atoms with E-state index in [1.54, 1.807) is 0 Å². The zero-order chi connectivity index (χ0) is 24.4. The van der Waals surface area contributed by atoms with Crippen molar-refractivity contribution in [3.8, 4) is 12.8 Å². The predicted molar refractivity (Wildman–Crippen MR) is 144 cm³/mol. The average molecular weight is 467 g/mol. The third kappa shape index (κ3) is 7.45. The van der Waals surface area contributed by atoms with Crippen LogP contribution in [0.5, 0.6) is 0 Å². The molecule has 1 N–H and O–H groups in total. The lowest BCUT2D eigenvalue weighted by Crippen LogP contribution is -2.07. The molecule has 0 saturated carbocycles. The second-order valence-electron chi connectivity index (χ2n) is 7.56. The minimum absolute atomic E-state index is 0.109. The van der Waals surface area contributed by atoms with Crippen molar-refractivity contribution < 1.29 is 0 Å². The first-order valence-corrected chi connectivity index (χ1v) is 11.1. The van der Waals surface area contributed by atoms with E-state index in [1.165, 1.54) is 0 Å². The Morgan fingerprint density at radius 1 is 1.09 bits per heavy atom. The van der Waals surface area contributed by atoms with Crippen LogP contribution in [0, 0.1) is 32.6 Å².